The molecular weight excluding hydrogens is 256 g/mol. The average molecular weight is 273 g/mol. The number of hydrogen-bond donors (Lipinski definition) is 0. The van der Waals surface area contributed by atoms with Gasteiger partial charge in [0.05, 0.1) is 11.6 Å². The van der Waals surface area contributed by atoms with Gasteiger partial charge in [0.15, 0.2) is 0 Å². The second-order valence-electron chi connectivity index (χ2n) is 3.75. The van der Waals surface area contributed by atoms with Gasteiger partial charge in [-0.1, -0.05) is 13.0 Å². The number of allylic oxidation sites excluding steroid dienone is 1. The molecule has 0 bridgehead atoms. The molecule has 0 spiro atoms. The van der Waals surface area contributed by atoms with Gasteiger partial charge in [0, 0.05) is 13.2 Å². The summed E-state index contributed by atoms with van der Waals surface area (Å²) in [5.41, 5.74) is 0.253. The summed E-state index contributed by atoms with van der Waals surface area (Å²) >= 11 is 5.44. The monoisotopic (exact) mass is 272 g/mol. The molecule has 0 saturated carbocycles. The standard InChI is InChI=1S/C12H17ClN2O3/c1-4-5-7-15-11(16)10(9(2)14(15)3)12(17)18-8-6-13/h5,7H,4,6,8H2,1-3H3/b7-5+. The first kappa shape index (κ1) is 14.6. The van der Waals surface area contributed by atoms with E-state index in [9.17, 15) is 9.59 Å². The molecule has 0 aliphatic heterocycles. The van der Waals surface area contributed by atoms with Crippen molar-refractivity contribution in [1.82, 2.24) is 9.36 Å². The molecule has 18 heavy (non-hydrogen) atoms. The van der Waals surface area contributed by atoms with Crippen LogP contribution < -0.4 is 5.56 Å². The number of carbonyl (C=O) groups is 1. The summed E-state index contributed by atoms with van der Waals surface area (Å²) in [6.45, 7) is 3.76. The van der Waals surface area contributed by atoms with Gasteiger partial charge in [-0.25, -0.2) is 9.48 Å². The summed E-state index contributed by atoms with van der Waals surface area (Å²) in [6, 6.07) is 0. The smallest absolute Gasteiger partial charge is 0.345 e. The Morgan fingerprint density at radius 1 is 1.50 bits per heavy atom. The molecule has 0 aliphatic rings. The van der Waals surface area contributed by atoms with E-state index in [0.717, 1.165) is 6.42 Å². The molecule has 5 nitrogen and oxygen atoms in total. The number of halogens is 1. The van der Waals surface area contributed by atoms with Crippen LogP contribution in [0.2, 0.25) is 0 Å². The minimum atomic E-state index is -0.627. The Morgan fingerprint density at radius 3 is 2.72 bits per heavy atom. The second-order valence-corrected chi connectivity index (χ2v) is 4.13. The van der Waals surface area contributed by atoms with Crippen LogP contribution in [0.3, 0.4) is 0 Å². The van der Waals surface area contributed by atoms with Gasteiger partial charge in [0.1, 0.15) is 12.2 Å². The van der Waals surface area contributed by atoms with E-state index in [2.05, 4.69) is 0 Å². The summed E-state index contributed by atoms with van der Waals surface area (Å²) in [7, 11) is 1.72. The summed E-state index contributed by atoms with van der Waals surface area (Å²) in [4.78, 5) is 23.8. The first-order valence-corrected chi connectivity index (χ1v) is 6.25. The molecule has 6 heteroatoms. The molecule has 1 rings (SSSR count). The van der Waals surface area contributed by atoms with E-state index in [1.54, 1.807) is 24.9 Å². The molecule has 0 fully saturated rings. The predicted octanol–water partition coefficient (Wildman–Crippen LogP) is 1.77. The third-order valence-corrected chi connectivity index (χ3v) is 2.74. The maximum atomic E-state index is 12.1. The SMILES string of the molecule is CC/C=C/n1c(=O)c(C(=O)OCCCl)c(C)n1C. The van der Waals surface area contributed by atoms with E-state index in [4.69, 9.17) is 16.3 Å². The molecule has 0 amide bonds. The predicted molar refractivity (Wildman–Crippen MR) is 71.0 cm³/mol. The van der Waals surface area contributed by atoms with Crippen molar-refractivity contribution in [1.29, 1.82) is 0 Å². The minimum Gasteiger partial charge on any atom is -0.461 e. The fourth-order valence-corrected chi connectivity index (χ4v) is 1.62. The summed E-state index contributed by atoms with van der Waals surface area (Å²) in [5, 5.41) is 0. The van der Waals surface area contributed by atoms with Crippen LogP contribution in [0, 0.1) is 6.92 Å². The van der Waals surface area contributed by atoms with Crippen LogP contribution in [0.25, 0.3) is 6.20 Å². The third-order valence-electron chi connectivity index (χ3n) is 2.59. The lowest BCUT2D eigenvalue weighted by Gasteiger charge is -2.02. The van der Waals surface area contributed by atoms with Crippen LogP contribution in [0.15, 0.2) is 10.9 Å². The molecule has 0 unspecified atom stereocenters. The van der Waals surface area contributed by atoms with Gasteiger partial charge < -0.3 is 4.74 Å². The van der Waals surface area contributed by atoms with E-state index >= 15 is 0 Å². The van der Waals surface area contributed by atoms with Crippen LogP contribution >= 0.6 is 11.6 Å². The zero-order chi connectivity index (χ0) is 13.7. The fraction of sp³-hybridized carbons (Fsp3) is 0.500. The van der Waals surface area contributed by atoms with Crippen molar-refractivity contribution in [3.05, 3.63) is 27.7 Å². The normalized spacial score (nSPS) is 11.1. The van der Waals surface area contributed by atoms with Crippen molar-refractivity contribution in [2.45, 2.75) is 20.3 Å². The molecule has 1 heterocycles. The molecule has 0 aliphatic carbocycles. The van der Waals surface area contributed by atoms with Crippen LogP contribution in [0.4, 0.5) is 0 Å². The van der Waals surface area contributed by atoms with Crippen molar-refractivity contribution in [2.24, 2.45) is 7.05 Å². The molecule has 0 saturated heterocycles. The number of aromatic nitrogens is 2. The maximum Gasteiger partial charge on any atom is 0.345 e. The highest BCUT2D eigenvalue weighted by molar-refractivity contribution is 6.18. The Labute approximate surface area is 111 Å². The molecule has 100 valence electrons. The highest BCUT2D eigenvalue weighted by Crippen LogP contribution is 2.06. The Hall–Kier alpha value is -1.49. The van der Waals surface area contributed by atoms with Crippen LogP contribution in [0.5, 0.6) is 0 Å². The minimum absolute atomic E-state index is 0.0587. The van der Waals surface area contributed by atoms with Gasteiger partial charge >= 0.3 is 5.97 Å². The lowest BCUT2D eigenvalue weighted by molar-refractivity contribution is 0.0526. The molecule has 0 radical (unpaired) electrons. The van der Waals surface area contributed by atoms with E-state index in [1.165, 1.54) is 4.68 Å². The van der Waals surface area contributed by atoms with Crippen LogP contribution in [-0.4, -0.2) is 27.8 Å². The number of rotatable bonds is 5. The number of carbonyl (C=O) groups excluding carboxylic acids is 1. The Morgan fingerprint density at radius 2 is 2.17 bits per heavy atom. The quantitative estimate of drug-likeness (QED) is 0.606. The summed E-state index contributed by atoms with van der Waals surface area (Å²) in [5.74, 6) is -0.418. The van der Waals surface area contributed by atoms with Crippen LogP contribution in [-0.2, 0) is 11.8 Å². The Balaban J connectivity index is 3.18. The van der Waals surface area contributed by atoms with Crippen LogP contribution in [0.1, 0.15) is 29.4 Å². The zero-order valence-corrected chi connectivity index (χ0v) is 11.5. The van der Waals surface area contributed by atoms with Gasteiger partial charge in [-0.3, -0.25) is 9.48 Å². The third kappa shape index (κ3) is 2.85. The Bertz CT molecular complexity index is 514. The highest BCUT2D eigenvalue weighted by atomic mass is 35.5. The maximum absolute atomic E-state index is 12.1. The van der Waals surface area contributed by atoms with Crippen molar-refractivity contribution in [3.8, 4) is 0 Å². The first-order valence-electron chi connectivity index (χ1n) is 5.72. The number of ether oxygens (including phenoxy) is 1. The first-order chi connectivity index (χ1) is 8.54. The lowest BCUT2D eigenvalue weighted by atomic mass is 10.2. The van der Waals surface area contributed by atoms with Crippen molar-refractivity contribution < 1.29 is 9.53 Å². The van der Waals surface area contributed by atoms with E-state index in [-0.39, 0.29) is 23.6 Å². The van der Waals surface area contributed by atoms with Crippen molar-refractivity contribution >= 4 is 23.8 Å². The number of alkyl halides is 1. The molecular formula is C12H17ClN2O3. The molecule has 1 aromatic rings. The van der Waals surface area contributed by atoms with E-state index in [0.29, 0.717) is 5.69 Å². The van der Waals surface area contributed by atoms with Crippen molar-refractivity contribution in [3.63, 3.8) is 0 Å². The molecule has 0 aromatic carbocycles. The molecule has 0 atom stereocenters. The summed E-state index contributed by atoms with van der Waals surface area (Å²) in [6.07, 6.45) is 4.30. The molecule has 0 N–H and O–H groups in total. The zero-order valence-electron chi connectivity index (χ0n) is 10.8. The highest BCUT2D eigenvalue weighted by Gasteiger charge is 2.21. The topological polar surface area (TPSA) is 53.2 Å². The average Bonchev–Trinajstić information content (AvgIpc) is 2.56. The lowest BCUT2D eigenvalue weighted by Crippen LogP contribution is -2.21. The van der Waals surface area contributed by atoms with Gasteiger partial charge in [-0.05, 0) is 13.3 Å². The molecule has 1 aromatic heterocycles. The largest absolute Gasteiger partial charge is 0.461 e. The van der Waals surface area contributed by atoms with Crippen molar-refractivity contribution in [2.75, 3.05) is 12.5 Å². The van der Waals surface area contributed by atoms with Gasteiger partial charge in [0.2, 0.25) is 0 Å². The van der Waals surface area contributed by atoms with E-state index < -0.39 is 5.97 Å². The van der Waals surface area contributed by atoms with Gasteiger partial charge in [-0.15, -0.1) is 11.6 Å². The fourth-order valence-electron chi connectivity index (χ4n) is 1.54. The van der Waals surface area contributed by atoms with Gasteiger partial charge in [-0.2, -0.15) is 0 Å². The number of esters is 1. The summed E-state index contributed by atoms with van der Waals surface area (Å²) < 4.78 is 7.89. The number of nitrogens with zero attached hydrogens (tertiary/aromatic N) is 2. The van der Waals surface area contributed by atoms with E-state index in [1.807, 2.05) is 13.0 Å². The Kier molecular flexibility index (Phi) is 5.22. The second kappa shape index (κ2) is 6.44. The van der Waals surface area contributed by atoms with Gasteiger partial charge in [0.25, 0.3) is 5.56 Å². The number of hydrogen-bond acceptors (Lipinski definition) is 3.